The Kier molecular flexibility index (Phi) is 4.02. The first-order valence-corrected chi connectivity index (χ1v) is 6.22. The third-order valence-corrected chi connectivity index (χ3v) is 3.42. The molecule has 0 aliphatic heterocycles. The quantitative estimate of drug-likeness (QED) is 0.829. The van der Waals surface area contributed by atoms with E-state index in [9.17, 15) is 0 Å². The Morgan fingerprint density at radius 3 is 2.69 bits per heavy atom. The first-order chi connectivity index (χ1) is 7.79. The zero-order valence-electron chi connectivity index (χ0n) is 10.3. The van der Waals surface area contributed by atoms with Crippen LogP contribution >= 0.6 is 0 Å². The van der Waals surface area contributed by atoms with Gasteiger partial charge >= 0.3 is 0 Å². The van der Waals surface area contributed by atoms with Crippen LogP contribution in [0.25, 0.3) is 0 Å². The van der Waals surface area contributed by atoms with Gasteiger partial charge in [0, 0.05) is 6.04 Å². The van der Waals surface area contributed by atoms with Crippen molar-refractivity contribution in [3.05, 3.63) is 23.7 Å². The molecule has 16 heavy (non-hydrogen) atoms. The van der Waals surface area contributed by atoms with Crippen molar-refractivity contribution in [1.82, 2.24) is 10.2 Å². The summed E-state index contributed by atoms with van der Waals surface area (Å²) < 4.78 is 5.75. The third kappa shape index (κ3) is 2.86. The van der Waals surface area contributed by atoms with Crippen LogP contribution in [0.4, 0.5) is 0 Å². The van der Waals surface area contributed by atoms with Crippen LogP contribution in [0.1, 0.15) is 37.2 Å². The van der Waals surface area contributed by atoms with E-state index < -0.39 is 0 Å². The molecule has 1 aromatic heterocycles. The second-order valence-electron chi connectivity index (χ2n) is 4.75. The van der Waals surface area contributed by atoms with Crippen molar-refractivity contribution in [3.63, 3.8) is 0 Å². The van der Waals surface area contributed by atoms with Crippen molar-refractivity contribution in [2.45, 2.75) is 44.8 Å². The van der Waals surface area contributed by atoms with Gasteiger partial charge in [-0.05, 0) is 39.1 Å². The Hall–Kier alpha value is -0.800. The predicted molar refractivity (Wildman–Crippen MR) is 65.2 cm³/mol. The molecule has 1 aliphatic carbocycles. The van der Waals surface area contributed by atoms with E-state index >= 15 is 0 Å². The number of nitrogens with one attached hydrogen (secondary N) is 1. The zero-order chi connectivity index (χ0) is 11.4. The Bertz CT molecular complexity index is 315. The van der Waals surface area contributed by atoms with Gasteiger partial charge in [-0.2, -0.15) is 0 Å². The molecule has 1 heterocycles. The minimum atomic E-state index is 0.762. The van der Waals surface area contributed by atoms with Crippen LogP contribution < -0.4 is 5.32 Å². The zero-order valence-corrected chi connectivity index (χ0v) is 10.3. The van der Waals surface area contributed by atoms with Gasteiger partial charge in [-0.25, -0.2) is 0 Å². The van der Waals surface area contributed by atoms with E-state index in [-0.39, 0.29) is 0 Å². The highest BCUT2D eigenvalue weighted by Gasteiger charge is 2.20. The summed E-state index contributed by atoms with van der Waals surface area (Å²) in [5.74, 6) is 2.11. The monoisotopic (exact) mass is 222 g/mol. The summed E-state index contributed by atoms with van der Waals surface area (Å²) in [5, 5.41) is 3.10. The molecule has 0 aromatic carbocycles. The molecule has 1 aromatic rings. The molecule has 0 unspecified atom stereocenters. The molecule has 3 nitrogen and oxygen atoms in total. The van der Waals surface area contributed by atoms with E-state index in [2.05, 4.69) is 29.4 Å². The number of hydrogen-bond acceptors (Lipinski definition) is 3. The second kappa shape index (κ2) is 5.51. The molecule has 0 atom stereocenters. The maximum atomic E-state index is 5.75. The van der Waals surface area contributed by atoms with Crippen LogP contribution in [0.3, 0.4) is 0 Å². The first-order valence-electron chi connectivity index (χ1n) is 6.22. The van der Waals surface area contributed by atoms with Crippen LogP contribution in [0.2, 0.25) is 0 Å². The largest absolute Gasteiger partial charge is 0.463 e. The fourth-order valence-electron chi connectivity index (χ4n) is 2.50. The van der Waals surface area contributed by atoms with Crippen LogP contribution in [-0.4, -0.2) is 25.0 Å². The standard InChI is InChI=1S/C13H22N2O/c1-14-9-12-7-8-13(16-12)10-15(2)11-5-3-4-6-11/h7-8,11,14H,3-6,9-10H2,1-2H3. The average Bonchev–Trinajstić information content (AvgIpc) is 2.89. The molecule has 3 heteroatoms. The van der Waals surface area contributed by atoms with E-state index in [0.29, 0.717) is 0 Å². The van der Waals surface area contributed by atoms with Crippen LogP contribution in [0, 0.1) is 0 Å². The van der Waals surface area contributed by atoms with Gasteiger partial charge < -0.3 is 9.73 Å². The molecule has 90 valence electrons. The summed E-state index contributed by atoms with van der Waals surface area (Å²) in [6.07, 6.45) is 5.47. The fraction of sp³-hybridized carbons (Fsp3) is 0.692. The Balaban J connectivity index is 1.87. The normalized spacial score (nSPS) is 17.4. The van der Waals surface area contributed by atoms with Crippen molar-refractivity contribution in [2.75, 3.05) is 14.1 Å². The molecule has 0 amide bonds. The number of hydrogen-bond donors (Lipinski definition) is 1. The van der Waals surface area contributed by atoms with Crippen molar-refractivity contribution < 1.29 is 4.42 Å². The summed E-state index contributed by atoms with van der Waals surface area (Å²) in [7, 11) is 4.14. The minimum Gasteiger partial charge on any atom is -0.463 e. The maximum Gasteiger partial charge on any atom is 0.118 e. The SMILES string of the molecule is CNCc1ccc(CN(C)C2CCCC2)o1. The lowest BCUT2D eigenvalue weighted by Crippen LogP contribution is -2.28. The number of nitrogens with zero attached hydrogens (tertiary/aromatic N) is 1. The van der Waals surface area contributed by atoms with Crippen molar-refractivity contribution >= 4 is 0 Å². The second-order valence-corrected chi connectivity index (χ2v) is 4.75. The minimum absolute atomic E-state index is 0.762. The molecule has 0 radical (unpaired) electrons. The lowest BCUT2D eigenvalue weighted by molar-refractivity contribution is 0.217. The average molecular weight is 222 g/mol. The van der Waals surface area contributed by atoms with Crippen LogP contribution in [-0.2, 0) is 13.1 Å². The first kappa shape index (κ1) is 11.7. The Labute approximate surface area is 97.8 Å². The summed E-state index contributed by atoms with van der Waals surface area (Å²) in [6, 6.07) is 4.92. The molecular weight excluding hydrogens is 200 g/mol. The van der Waals surface area contributed by atoms with Crippen molar-refractivity contribution in [1.29, 1.82) is 0 Å². The highest BCUT2D eigenvalue weighted by Crippen LogP contribution is 2.23. The molecule has 1 N–H and O–H groups in total. The third-order valence-electron chi connectivity index (χ3n) is 3.42. The molecule has 0 bridgehead atoms. The van der Waals surface area contributed by atoms with Gasteiger partial charge in [0.15, 0.2) is 0 Å². The highest BCUT2D eigenvalue weighted by molar-refractivity contribution is 5.07. The van der Waals surface area contributed by atoms with E-state index in [1.165, 1.54) is 25.7 Å². The molecular formula is C13H22N2O. The van der Waals surface area contributed by atoms with E-state index in [1.807, 2.05) is 7.05 Å². The summed E-state index contributed by atoms with van der Waals surface area (Å²) in [5.41, 5.74) is 0. The van der Waals surface area contributed by atoms with Crippen molar-refractivity contribution in [3.8, 4) is 0 Å². The van der Waals surface area contributed by atoms with Crippen molar-refractivity contribution in [2.24, 2.45) is 0 Å². The van der Waals surface area contributed by atoms with E-state index in [0.717, 1.165) is 30.7 Å². The summed E-state index contributed by atoms with van der Waals surface area (Å²) in [6.45, 7) is 1.75. The lowest BCUT2D eigenvalue weighted by Gasteiger charge is -2.22. The number of rotatable bonds is 5. The van der Waals surface area contributed by atoms with Gasteiger partial charge in [0.05, 0.1) is 13.1 Å². The van der Waals surface area contributed by atoms with E-state index in [1.54, 1.807) is 0 Å². The fourth-order valence-corrected chi connectivity index (χ4v) is 2.50. The lowest BCUT2D eigenvalue weighted by atomic mass is 10.2. The van der Waals surface area contributed by atoms with Crippen LogP contribution in [0.15, 0.2) is 16.5 Å². The van der Waals surface area contributed by atoms with Gasteiger partial charge in [-0.3, -0.25) is 4.90 Å². The summed E-state index contributed by atoms with van der Waals surface area (Å²) >= 11 is 0. The smallest absolute Gasteiger partial charge is 0.118 e. The predicted octanol–water partition coefficient (Wildman–Crippen LogP) is 2.37. The van der Waals surface area contributed by atoms with Gasteiger partial charge in [0.2, 0.25) is 0 Å². The Morgan fingerprint density at radius 2 is 2.00 bits per heavy atom. The van der Waals surface area contributed by atoms with Gasteiger partial charge in [-0.1, -0.05) is 12.8 Å². The highest BCUT2D eigenvalue weighted by atomic mass is 16.3. The molecule has 1 saturated carbocycles. The molecule has 1 fully saturated rings. The molecule has 1 aliphatic rings. The molecule has 0 saturated heterocycles. The number of furan rings is 1. The van der Waals surface area contributed by atoms with E-state index in [4.69, 9.17) is 4.42 Å². The van der Waals surface area contributed by atoms with Gasteiger partial charge in [-0.15, -0.1) is 0 Å². The van der Waals surface area contributed by atoms with Gasteiger partial charge in [0.1, 0.15) is 11.5 Å². The maximum absolute atomic E-state index is 5.75. The topological polar surface area (TPSA) is 28.4 Å². The summed E-state index contributed by atoms with van der Waals surface area (Å²) in [4.78, 5) is 2.43. The molecule has 0 spiro atoms. The Morgan fingerprint density at radius 1 is 1.31 bits per heavy atom. The molecule has 2 rings (SSSR count). The van der Waals surface area contributed by atoms with Gasteiger partial charge in [0.25, 0.3) is 0 Å². The van der Waals surface area contributed by atoms with Crippen LogP contribution in [0.5, 0.6) is 0 Å².